The van der Waals surface area contributed by atoms with Crippen LogP contribution in [-0.4, -0.2) is 144 Å². The predicted octanol–water partition coefficient (Wildman–Crippen LogP) is 5.00. The van der Waals surface area contributed by atoms with Gasteiger partial charge in [-0.3, -0.25) is 24.6 Å². The number of urea groups is 1. The van der Waals surface area contributed by atoms with Crippen LogP contribution in [-0.2, 0) is 28.6 Å². The molecule has 0 radical (unpaired) electrons. The van der Waals surface area contributed by atoms with E-state index in [2.05, 4.69) is 50.1 Å². The van der Waals surface area contributed by atoms with Gasteiger partial charge in [-0.05, 0) is 79.5 Å². The van der Waals surface area contributed by atoms with Crippen LogP contribution in [0.4, 0.5) is 4.79 Å². The van der Waals surface area contributed by atoms with Gasteiger partial charge in [0.2, 0.25) is 11.8 Å². The van der Waals surface area contributed by atoms with Crippen molar-refractivity contribution < 1.29 is 33.4 Å². The predicted molar refractivity (Wildman–Crippen MR) is 249 cm³/mol. The van der Waals surface area contributed by atoms with E-state index < -0.39 is 18.1 Å². The lowest BCUT2D eigenvalue weighted by Crippen LogP contribution is -2.54. The molecule has 1 aliphatic carbocycles. The maximum absolute atomic E-state index is 14.4. The number of H-pyrrole nitrogens is 1. The number of likely N-dealkylation sites (tertiary alicyclic amines) is 2. The molecule has 4 aromatic rings. The van der Waals surface area contributed by atoms with Gasteiger partial charge in [0.1, 0.15) is 23.9 Å². The number of epoxide rings is 1. The molecule has 3 aromatic carbocycles. The molecule has 2 unspecified atom stereocenters. The van der Waals surface area contributed by atoms with Crippen molar-refractivity contribution in [1.82, 2.24) is 45.5 Å². The molecular formula is C51H63N9O7. The monoisotopic (exact) mass is 913 g/mol. The molecule has 4 N–H and O–H groups in total. The molecule has 1 saturated carbocycles. The number of aromatic amines is 1. The van der Waals surface area contributed by atoms with Crippen LogP contribution in [0.5, 0.6) is 0 Å². The summed E-state index contributed by atoms with van der Waals surface area (Å²) >= 11 is 0. The molecule has 6 fully saturated rings. The second-order valence-electron chi connectivity index (χ2n) is 18.7. The Balaban J connectivity index is 0.728. The van der Waals surface area contributed by atoms with Crippen molar-refractivity contribution >= 4 is 23.8 Å². The second-order valence-corrected chi connectivity index (χ2v) is 18.7. The van der Waals surface area contributed by atoms with E-state index in [-0.39, 0.29) is 48.3 Å². The average Bonchev–Trinajstić information content (AvgIpc) is 3.76. The van der Waals surface area contributed by atoms with Crippen LogP contribution in [0.3, 0.4) is 0 Å². The number of morpholine rings is 2. The van der Waals surface area contributed by atoms with Crippen molar-refractivity contribution in [3.8, 4) is 11.3 Å². The van der Waals surface area contributed by atoms with E-state index >= 15 is 0 Å². The van der Waals surface area contributed by atoms with Gasteiger partial charge < -0.3 is 44.5 Å². The molecule has 354 valence electrons. The van der Waals surface area contributed by atoms with Crippen LogP contribution < -0.4 is 16.0 Å². The van der Waals surface area contributed by atoms with Gasteiger partial charge in [-0.1, -0.05) is 84.9 Å². The van der Waals surface area contributed by atoms with E-state index in [1.807, 2.05) is 71.8 Å². The lowest BCUT2D eigenvalue weighted by Gasteiger charge is -2.33. The summed E-state index contributed by atoms with van der Waals surface area (Å²) < 4.78 is 17.0. The molecule has 6 heterocycles. The molecular weight excluding hydrogens is 851 g/mol. The third kappa shape index (κ3) is 10.3. The lowest BCUT2D eigenvalue weighted by atomic mass is 9.81. The van der Waals surface area contributed by atoms with E-state index in [1.165, 1.54) is 5.56 Å². The number of amides is 5. The summed E-state index contributed by atoms with van der Waals surface area (Å²) in [5, 5.41) is 9.82. The number of benzene rings is 3. The SMILES string of the molecule is O=C(NC1CCC(c2ccc(-c3cnc([C@@H]4CCCN4C(=O)[C@H](NC4OC4N4CCOCC4)c4ccccc4)[nH]3)cc2)CC1)[C@@H]1CCCN1C(=O)[C@H](NC(=O)N1CCOCC1)c1ccccc1. The zero-order valence-electron chi connectivity index (χ0n) is 38.1. The highest BCUT2D eigenvalue weighted by molar-refractivity contribution is 5.93. The van der Waals surface area contributed by atoms with E-state index in [0.29, 0.717) is 70.5 Å². The first-order valence-electron chi connectivity index (χ1n) is 24.4. The third-order valence-electron chi connectivity index (χ3n) is 14.6. The third-order valence-corrected chi connectivity index (χ3v) is 14.6. The van der Waals surface area contributed by atoms with Crippen molar-refractivity contribution in [3.05, 3.63) is 114 Å². The van der Waals surface area contributed by atoms with Crippen LogP contribution >= 0.6 is 0 Å². The summed E-state index contributed by atoms with van der Waals surface area (Å²) in [4.78, 5) is 71.7. The van der Waals surface area contributed by atoms with Crippen LogP contribution in [0.15, 0.2) is 91.1 Å². The summed E-state index contributed by atoms with van der Waals surface area (Å²) in [5.41, 5.74) is 4.83. The fraction of sp³-hybridized carbons (Fsp3) is 0.510. The molecule has 10 rings (SSSR count). The number of nitrogens with one attached hydrogen (secondary N) is 4. The summed E-state index contributed by atoms with van der Waals surface area (Å²) in [5.74, 6) is 0.813. The highest BCUT2D eigenvalue weighted by Crippen LogP contribution is 2.37. The summed E-state index contributed by atoms with van der Waals surface area (Å²) in [6, 6.07) is 25.4. The molecule has 16 heteroatoms. The minimum Gasteiger partial charge on any atom is -0.379 e. The first-order valence-corrected chi connectivity index (χ1v) is 24.4. The molecule has 5 saturated heterocycles. The largest absolute Gasteiger partial charge is 0.379 e. The normalized spacial score (nSPS) is 26.5. The number of hydrogen-bond donors (Lipinski definition) is 4. The van der Waals surface area contributed by atoms with Gasteiger partial charge in [0.05, 0.1) is 44.4 Å². The zero-order chi connectivity index (χ0) is 45.7. The van der Waals surface area contributed by atoms with E-state index in [4.69, 9.17) is 19.2 Å². The topological polar surface area (TPSA) is 177 Å². The molecule has 16 nitrogen and oxygen atoms in total. The van der Waals surface area contributed by atoms with Gasteiger partial charge >= 0.3 is 6.03 Å². The Labute approximate surface area is 392 Å². The Morgan fingerprint density at radius 2 is 1.30 bits per heavy atom. The van der Waals surface area contributed by atoms with Gasteiger partial charge in [0, 0.05) is 45.3 Å². The van der Waals surface area contributed by atoms with Crippen LogP contribution in [0.1, 0.15) is 97.9 Å². The number of carbonyl (C=O) groups is 4. The average molecular weight is 914 g/mol. The van der Waals surface area contributed by atoms with Gasteiger partial charge in [0.25, 0.3) is 5.91 Å². The first kappa shape index (κ1) is 45.1. The van der Waals surface area contributed by atoms with Crippen molar-refractivity contribution in [2.45, 2.75) is 99.9 Å². The Morgan fingerprint density at radius 1 is 0.672 bits per heavy atom. The van der Waals surface area contributed by atoms with Gasteiger partial charge in [0.15, 0.2) is 12.5 Å². The van der Waals surface area contributed by atoms with Gasteiger partial charge in [-0.15, -0.1) is 0 Å². The molecule has 5 amide bonds. The number of imidazole rings is 1. The van der Waals surface area contributed by atoms with E-state index in [1.54, 1.807) is 9.80 Å². The maximum atomic E-state index is 14.4. The quantitative estimate of drug-likeness (QED) is 0.134. The van der Waals surface area contributed by atoms with Crippen molar-refractivity contribution in [1.29, 1.82) is 0 Å². The standard InChI is InChI=1S/C51H63N9O7/c61-46(42-14-8-24-60(42)49(63)44(38-11-5-2-6-12-38)56-51(64)58-27-31-66-32-28-58)53-39-21-19-35(20-22-39)34-15-17-36(18-16-34)40-33-52-45(54-40)41-13-7-23-59(41)48(62)43(37-9-3-1-4-10-37)55-47-50(67-47)57-25-29-65-30-26-57/h1-6,9-12,15-18,33,35,39,41-44,47,50,55H,7-8,13-14,19-32H2,(H,52,54)(H,53,61)(H,56,64)/t35?,39?,41-,42-,43+,44+,47?,50?/m0/s1. The van der Waals surface area contributed by atoms with Crippen molar-refractivity contribution in [3.63, 3.8) is 0 Å². The number of hydrogen-bond acceptors (Lipinski definition) is 10. The minimum atomic E-state index is -0.894. The fourth-order valence-electron chi connectivity index (χ4n) is 10.8. The molecule has 6 aliphatic rings. The second kappa shape index (κ2) is 20.7. The zero-order valence-corrected chi connectivity index (χ0v) is 38.1. The number of rotatable bonds is 13. The number of nitrogens with zero attached hydrogens (tertiary/aromatic N) is 5. The fourth-order valence-corrected chi connectivity index (χ4v) is 10.8. The maximum Gasteiger partial charge on any atom is 0.318 e. The summed E-state index contributed by atoms with van der Waals surface area (Å²) in [6.45, 7) is 5.99. The lowest BCUT2D eigenvalue weighted by molar-refractivity contribution is -0.140. The van der Waals surface area contributed by atoms with E-state index in [0.717, 1.165) is 80.7 Å². The Bertz CT molecular complexity index is 2310. The molecule has 6 atom stereocenters. The minimum absolute atomic E-state index is 0.0241. The molecule has 0 bridgehead atoms. The molecule has 5 aliphatic heterocycles. The highest BCUT2D eigenvalue weighted by atomic mass is 16.6. The van der Waals surface area contributed by atoms with Gasteiger partial charge in [-0.2, -0.15) is 0 Å². The first-order chi connectivity index (χ1) is 32.9. The molecule has 1 aromatic heterocycles. The van der Waals surface area contributed by atoms with Crippen molar-refractivity contribution in [2.24, 2.45) is 0 Å². The van der Waals surface area contributed by atoms with Crippen LogP contribution in [0, 0.1) is 0 Å². The summed E-state index contributed by atoms with van der Waals surface area (Å²) in [7, 11) is 0. The Hall–Kier alpha value is -5.65. The number of carbonyl (C=O) groups excluding carboxylic acids is 4. The Kier molecular flexibility index (Phi) is 13.9. The smallest absolute Gasteiger partial charge is 0.318 e. The Morgan fingerprint density at radius 3 is 2.00 bits per heavy atom. The molecule has 67 heavy (non-hydrogen) atoms. The van der Waals surface area contributed by atoms with E-state index in [9.17, 15) is 19.2 Å². The van der Waals surface area contributed by atoms with Gasteiger partial charge in [-0.25, -0.2) is 9.78 Å². The molecule has 0 spiro atoms. The highest BCUT2D eigenvalue weighted by Gasteiger charge is 2.47. The number of ether oxygens (including phenoxy) is 3. The number of aromatic nitrogens is 2. The summed E-state index contributed by atoms with van der Waals surface area (Å²) in [6.07, 6.45) is 8.23. The van der Waals surface area contributed by atoms with Crippen LogP contribution in [0.2, 0.25) is 0 Å². The van der Waals surface area contributed by atoms with Crippen molar-refractivity contribution in [2.75, 3.05) is 65.7 Å². The van der Waals surface area contributed by atoms with Crippen LogP contribution in [0.25, 0.3) is 11.3 Å².